The Kier molecular flexibility index (Phi) is 3.93. The number of benzene rings is 2. The molecular formula is C18H16ClN5O2. The largest absolute Gasteiger partial charge is 0.455 e. The van der Waals surface area contributed by atoms with Crippen LogP contribution in [0, 0.1) is 0 Å². The molecule has 26 heavy (non-hydrogen) atoms. The van der Waals surface area contributed by atoms with Crippen LogP contribution < -0.4 is 11.5 Å². The summed E-state index contributed by atoms with van der Waals surface area (Å²) in [5, 5.41) is 1.49. The fourth-order valence-electron chi connectivity index (χ4n) is 2.82. The second-order valence-corrected chi connectivity index (χ2v) is 6.21. The summed E-state index contributed by atoms with van der Waals surface area (Å²) in [5.41, 5.74) is 14.9. The van der Waals surface area contributed by atoms with Crippen LogP contribution in [0.15, 0.2) is 51.9 Å². The van der Waals surface area contributed by atoms with Crippen molar-refractivity contribution in [3.05, 3.63) is 53.4 Å². The van der Waals surface area contributed by atoms with Crippen molar-refractivity contribution < 1.29 is 9.15 Å². The van der Waals surface area contributed by atoms with Crippen molar-refractivity contribution in [3.8, 4) is 0 Å². The highest BCUT2D eigenvalue weighted by Crippen LogP contribution is 2.33. The molecule has 0 fully saturated rings. The number of hydrogen-bond acceptors (Lipinski definition) is 5. The van der Waals surface area contributed by atoms with E-state index in [-0.39, 0.29) is 12.6 Å². The summed E-state index contributed by atoms with van der Waals surface area (Å²) >= 11 is 5.94. The first-order chi connectivity index (χ1) is 12.5. The highest BCUT2D eigenvalue weighted by atomic mass is 35.5. The van der Waals surface area contributed by atoms with E-state index in [4.69, 9.17) is 32.2 Å². The standard InChI is InChI=1S/C18H16ClN5O2/c1-24-13-5-3-2-4-11(13)16(20)17(24)23-18(21)25-9-15-22-12-7-6-10(19)8-14(12)26-15/h2-8H,9,20H2,1H3,(H2,21,23). The molecule has 4 N–H and O–H groups in total. The quantitative estimate of drug-likeness (QED) is 0.423. The summed E-state index contributed by atoms with van der Waals surface area (Å²) in [5.74, 6) is 0.915. The first-order valence-corrected chi connectivity index (χ1v) is 8.25. The lowest BCUT2D eigenvalue weighted by atomic mass is 10.2. The number of ether oxygens (including phenoxy) is 1. The van der Waals surface area contributed by atoms with Crippen molar-refractivity contribution in [3.63, 3.8) is 0 Å². The monoisotopic (exact) mass is 369 g/mol. The fourth-order valence-corrected chi connectivity index (χ4v) is 2.99. The van der Waals surface area contributed by atoms with E-state index in [0.717, 1.165) is 10.9 Å². The molecule has 8 heteroatoms. The van der Waals surface area contributed by atoms with Gasteiger partial charge in [0.05, 0.1) is 11.2 Å². The van der Waals surface area contributed by atoms with Gasteiger partial charge in [0.2, 0.25) is 5.89 Å². The summed E-state index contributed by atoms with van der Waals surface area (Å²) in [6.45, 7) is 0.0471. The maximum atomic E-state index is 6.18. The van der Waals surface area contributed by atoms with E-state index in [1.807, 2.05) is 35.9 Å². The van der Waals surface area contributed by atoms with Crippen molar-refractivity contribution in [1.82, 2.24) is 9.55 Å². The van der Waals surface area contributed by atoms with Crippen LogP contribution in [0.25, 0.3) is 22.0 Å². The molecule has 0 spiro atoms. The maximum Gasteiger partial charge on any atom is 0.289 e. The number of para-hydroxylation sites is 1. The van der Waals surface area contributed by atoms with Crippen LogP contribution in [0.5, 0.6) is 0 Å². The highest BCUT2D eigenvalue weighted by molar-refractivity contribution is 6.31. The molecule has 132 valence electrons. The van der Waals surface area contributed by atoms with Crippen LogP contribution in [0.2, 0.25) is 5.02 Å². The zero-order valence-electron chi connectivity index (χ0n) is 13.9. The van der Waals surface area contributed by atoms with Gasteiger partial charge in [-0.2, -0.15) is 4.99 Å². The Labute approximate surface area is 153 Å². The average molecular weight is 370 g/mol. The van der Waals surface area contributed by atoms with Gasteiger partial charge < -0.3 is 25.2 Å². The summed E-state index contributed by atoms with van der Waals surface area (Å²) < 4.78 is 12.9. The number of anilines is 1. The summed E-state index contributed by atoms with van der Waals surface area (Å²) in [7, 11) is 1.87. The number of nitrogens with zero attached hydrogens (tertiary/aromatic N) is 3. The van der Waals surface area contributed by atoms with Gasteiger partial charge in [-0.25, -0.2) is 4.98 Å². The van der Waals surface area contributed by atoms with E-state index in [0.29, 0.717) is 33.5 Å². The van der Waals surface area contributed by atoms with E-state index < -0.39 is 0 Å². The minimum atomic E-state index is -0.0251. The number of aliphatic imine (C=N–C) groups is 1. The molecule has 0 aliphatic rings. The van der Waals surface area contributed by atoms with Gasteiger partial charge in [0.25, 0.3) is 6.02 Å². The zero-order valence-corrected chi connectivity index (χ0v) is 14.7. The second-order valence-electron chi connectivity index (χ2n) is 5.77. The van der Waals surface area contributed by atoms with Crippen LogP contribution >= 0.6 is 11.6 Å². The third kappa shape index (κ3) is 2.82. The molecule has 2 aromatic heterocycles. The molecule has 0 aliphatic heterocycles. The van der Waals surface area contributed by atoms with Gasteiger partial charge in [-0.3, -0.25) is 0 Å². The molecule has 0 atom stereocenters. The molecular weight excluding hydrogens is 354 g/mol. The first kappa shape index (κ1) is 16.3. The minimum Gasteiger partial charge on any atom is -0.455 e. The van der Waals surface area contributed by atoms with E-state index in [1.165, 1.54) is 0 Å². The number of nitrogen functional groups attached to an aromatic ring is 1. The highest BCUT2D eigenvalue weighted by Gasteiger charge is 2.13. The van der Waals surface area contributed by atoms with E-state index >= 15 is 0 Å². The second kappa shape index (κ2) is 6.27. The number of rotatable bonds is 3. The van der Waals surface area contributed by atoms with Crippen LogP contribution in [0.3, 0.4) is 0 Å². The predicted molar refractivity (Wildman–Crippen MR) is 102 cm³/mol. The van der Waals surface area contributed by atoms with Crippen molar-refractivity contribution in [1.29, 1.82) is 0 Å². The minimum absolute atomic E-state index is 0.0251. The fraction of sp³-hybridized carbons (Fsp3) is 0.111. The molecule has 0 saturated carbocycles. The summed E-state index contributed by atoms with van der Waals surface area (Å²) in [6.07, 6.45) is 0. The lowest BCUT2D eigenvalue weighted by Crippen LogP contribution is -2.16. The molecule has 0 aliphatic carbocycles. The van der Waals surface area contributed by atoms with Crippen molar-refractivity contribution in [2.75, 3.05) is 5.73 Å². The van der Waals surface area contributed by atoms with E-state index in [9.17, 15) is 0 Å². The van der Waals surface area contributed by atoms with Crippen LogP contribution in [-0.2, 0) is 18.4 Å². The predicted octanol–water partition coefficient (Wildman–Crippen LogP) is 3.72. The number of fused-ring (bicyclic) bond motifs is 2. The number of aromatic nitrogens is 2. The van der Waals surface area contributed by atoms with Crippen LogP contribution in [-0.4, -0.2) is 15.6 Å². The van der Waals surface area contributed by atoms with Crippen LogP contribution in [0.1, 0.15) is 5.89 Å². The van der Waals surface area contributed by atoms with Gasteiger partial charge >= 0.3 is 0 Å². The van der Waals surface area contributed by atoms with Crippen molar-refractivity contribution in [2.45, 2.75) is 6.61 Å². The maximum absolute atomic E-state index is 6.18. The first-order valence-electron chi connectivity index (χ1n) is 7.88. The molecule has 2 heterocycles. The third-order valence-electron chi connectivity index (χ3n) is 4.07. The molecule has 0 radical (unpaired) electrons. The topological polar surface area (TPSA) is 105 Å². The van der Waals surface area contributed by atoms with Gasteiger partial charge in [-0.1, -0.05) is 29.8 Å². The molecule has 0 unspecified atom stereocenters. The van der Waals surface area contributed by atoms with Crippen molar-refractivity contribution >= 4 is 51.1 Å². The Bertz CT molecular complexity index is 1110. The zero-order chi connectivity index (χ0) is 18.3. The number of nitrogens with two attached hydrogens (primary N) is 2. The third-order valence-corrected chi connectivity index (χ3v) is 4.30. The number of oxazole rings is 1. The Balaban J connectivity index is 1.57. The van der Waals surface area contributed by atoms with Crippen LogP contribution in [0.4, 0.5) is 11.5 Å². The SMILES string of the molecule is Cn1c(/N=C(\N)OCc2nc3ccc(Cl)cc3o2)c(N)c2ccccc21. The summed E-state index contributed by atoms with van der Waals surface area (Å²) in [4.78, 5) is 8.61. The van der Waals surface area contributed by atoms with Crippen molar-refractivity contribution in [2.24, 2.45) is 17.8 Å². The summed E-state index contributed by atoms with van der Waals surface area (Å²) in [6, 6.07) is 13.0. The van der Waals surface area contributed by atoms with Gasteiger partial charge in [0, 0.05) is 23.5 Å². The van der Waals surface area contributed by atoms with Gasteiger partial charge in [-0.15, -0.1) is 0 Å². The Hall–Kier alpha value is -3.19. The molecule has 4 aromatic rings. The molecule has 0 amide bonds. The smallest absolute Gasteiger partial charge is 0.289 e. The lowest BCUT2D eigenvalue weighted by Gasteiger charge is -2.04. The van der Waals surface area contributed by atoms with E-state index in [1.54, 1.807) is 18.2 Å². The Morgan fingerprint density at radius 2 is 2.12 bits per heavy atom. The Morgan fingerprint density at radius 1 is 1.31 bits per heavy atom. The van der Waals surface area contributed by atoms with Gasteiger partial charge in [0.1, 0.15) is 5.52 Å². The van der Waals surface area contributed by atoms with Gasteiger partial charge in [-0.05, 0) is 18.2 Å². The molecule has 7 nitrogen and oxygen atoms in total. The van der Waals surface area contributed by atoms with E-state index in [2.05, 4.69) is 9.98 Å². The number of amidine groups is 1. The molecule has 4 rings (SSSR count). The molecule has 0 saturated heterocycles. The Morgan fingerprint density at radius 3 is 2.92 bits per heavy atom. The number of aryl methyl sites for hydroxylation is 1. The lowest BCUT2D eigenvalue weighted by molar-refractivity contribution is 0.251. The molecule has 2 aromatic carbocycles. The number of hydrogen-bond donors (Lipinski definition) is 2. The number of halogens is 1. The van der Waals surface area contributed by atoms with Gasteiger partial charge in [0.15, 0.2) is 18.0 Å². The average Bonchev–Trinajstić information content (AvgIpc) is 3.14. The molecule has 0 bridgehead atoms. The normalized spacial score (nSPS) is 12.2.